The Labute approximate surface area is 359 Å². The molecule has 0 bridgehead atoms. The van der Waals surface area contributed by atoms with Gasteiger partial charge in [0.1, 0.15) is 73.9 Å². The van der Waals surface area contributed by atoms with Crippen LogP contribution in [0.25, 0.3) is 76.9 Å². The van der Waals surface area contributed by atoms with Crippen molar-refractivity contribution >= 4 is 167 Å². The lowest BCUT2D eigenvalue weighted by Gasteiger charge is -2.37. The summed E-state index contributed by atoms with van der Waals surface area (Å²) >= 11 is 0. The van der Waals surface area contributed by atoms with E-state index in [2.05, 4.69) is 30.3 Å². The number of rotatable bonds is 6. The molecule has 0 spiro atoms. The molecule has 1 heterocycles. The summed E-state index contributed by atoms with van der Waals surface area (Å²) in [4.78, 5) is 1.76. The molecule has 260 valence electrons. The third-order valence-corrected chi connectivity index (χ3v) is 11.6. The quantitative estimate of drug-likeness (QED) is 0.230. The number of hydrogen-bond acceptors (Lipinski definition) is 2. The molecule has 10 aromatic rings. The van der Waals surface area contributed by atoms with Crippen molar-refractivity contribution in [2.75, 3.05) is 4.90 Å². The van der Waals surface area contributed by atoms with Gasteiger partial charge in [0, 0.05) is 33.2 Å². The third-order valence-electron chi connectivity index (χ3n) is 11.6. The standard InChI is InChI=1S/C50H25B8NO/c51-40-37(28-13-2-1-3-14-28)41(52)45(56)48(44(40)55)59(49-46(57)42(53)39(43(54)47(49)58)34-21-9-15-26-11-4-6-18-31(26)34)30-17-8-16-29(25-30)32-20-10-22-36-38(32)35-24-23-27-12-5-7-19-33(27)50(35)60-36/h1-25H. The maximum Gasteiger partial charge on any atom is 0.143 e. The van der Waals surface area contributed by atoms with Crippen molar-refractivity contribution in [3.63, 3.8) is 0 Å². The average molecular weight is 742 g/mol. The fourth-order valence-corrected chi connectivity index (χ4v) is 8.74. The van der Waals surface area contributed by atoms with Crippen LogP contribution in [-0.4, -0.2) is 62.8 Å². The van der Waals surface area contributed by atoms with E-state index in [0.29, 0.717) is 16.8 Å². The lowest BCUT2D eigenvalue weighted by Crippen LogP contribution is -2.50. The van der Waals surface area contributed by atoms with Crippen LogP contribution < -0.4 is 48.6 Å². The summed E-state index contributed by atoms with van der Waals surface area (Å²) in [7, 11) is 56.5. The van der Waals surface area contributed by atoms with Crippen LogP contribution in [0.15, 0.2) is 156 Å². The number of furan rings is 1. The molecule has 10 heteroatoms. The predicted octanol–water partition coefficient (Wildman–Crippen LogP) is 4.71. The fraction of sp³-hybridized carbons (Fsp3) is 0. The van der Waals surface area contributed by atoms with Gasteiger partial charge in [-0.3, -0.25) is 0 Å². The zero-order chi connectivity index (χ0) is 41.4. The number of fused-ring (bicyclic) bond motifs is 6. The van der Waals surface area contributed by atoms with Gasteiger partial charge in [-0.2, -0.15) is 0 Å². The Bertz CT molecular complexity index is 3320. The van der Waals surface area contributed by atoms with Gasteiger partial charge in [0.25, 0.3) is 0 Å². The molecular formula is C50H25B8NO. The molecule has 1 aromatic heterocycles. The second kappa shape index (κ2) is 14.7. The summed E-state index contributed by atoms with van der Waals surface area (Å²) in [6.45, 7) is 0. The van der Waals surface area contributed by atoms with E-state index in [-0.39, 0.29) is 55.1 Å². The molecule has 60 heavy (non-hydrogen) atoms. The number of nitrogens with zero attached hydrogens (tertiary/aromatic N) is 1. The lowest BCUT2D eigenvalue weighted by atomic mass is 9.62. The molecule has 0 atom stereocenters. The molecule has 0 saturated heterocycles. The second-order valence-corrected chi connectivity index (χ2v) is 15.0. The summed E-state index contributed by atoms with van der Waals surface area (Å²) in [6, 6.07) is 49.7. The number of benzene rings is 9. The van der Waals surface area contributed by atoms with Gasteiger partial charge >= 0.3 is 0 Å². The highest BCUT2D eigenvalue weighted by Crippen LogP contribution is 2.41. The van der Waals surface area contributed by atoms with Gasteiger partial charge in [0.2, 0.25) is 0 Å². The normalized spacial score (nSPS) is 11.5. The molecule has 16 radical (unpaired) electrons. The highest BCUT2D eigenvalue weighted by Gasteiger charge is 2.27. The molecular weight excluding hydrogens is 717 g/mol. The van der Waals surface area contributed by atoms with E-state index in [4.69, 9.17) is 67.2 Å². The lowest BCUT2D eigenvalue weighted by molar-refractivity contribution is 0.673. The minimum Gasteiger partial charge on any atom is -0.455 e. The molecule has 0 N–H and O–H groups in total. The van der Waals surface area contributed by atoms with Crippen LogP contribution in [0.3, 0.4) is 0 Å². The molecule has 0 aliphatic heterocycles. The van der Waals surface area contributed by atoms with Gasteiger partial charge in [0.15, 0.2) is 0 Å². The summed E-state index contributed by atoms with van der Waals surface area (Å²) < 4.78 is 6.55. The number of hydrogen-bond donors (Lipinski definition) is 0. The van der Waals surface area contributed by atoms with Crippen LogP contribution in [0, 0.1) is 0 Å². The van der Waals surface area contributed by atoms with Gasteiger partial charge in [-0.15, -0.1) is 0 Å². The first-order chi connectivity index (χ1) is 29.1. The van der Waals surface area contributed by atoms with Gasteiger partial charge in [-0.1, -0.05) is 171 Å². The minimum absolute atomic E-state index is 0.160. The summed E-state index contributed by atoms with van der Waals surface area (Å²) in [5.74, 6) is 0. The Morgan fingerprint density at radius 3 is 1.57 bits per heavy atom. The summed E-state index contributed by atoms with van der Waals surface area (Å²) in [6.07, 6.45) is 0. The van der Waals surface area contributed by atoms with Crippen LogP contribution in [-0.2, 0) is 0 Å². The van der Waals surface area contributed by atoms with E-state index in [1.165, 1.54) is 0 Å². The molecule has 9 aromatic carbocycles. The van der Waals surface area contributed by atoms with Crippen molar-refractivity contribution < 1.29 is 4.42 Å². The maximum atomic E-state index is 7.17. The van der Waals surface area contributed by atoms with Gasteiger partial charge in [-0.05, 0) is 73.8 Å². The Balaban J connectivity index is 1.25. The van der Waals surface area contributed by atoms with Gasteiger partial charge in [0.05, 0.1) is 0 Å². The molecule has 0 aliphatic carbocycles. The summed E-state index contributed by atoms with van der Waals surface area (Å²) in [5.41, 5.74) is 8.65. The largest absolute Gasteiger partial charge is 0.455 e. The first-order valence-electron chi connectivity index (χ1n) is 19.4. The van der Waals surface area contributed by atoms with Crippen LogP contribution in [0.1, 0.15) is 0 Å². The monoisotopic (exact) mass is 743 g/mol. The first kappa shape index (κ1) is 37.9. The van der Waals surface area contributed by atoms with E-state index < -0.39 is 0 Å². The van der Waals surface area contributed by atoms with Gasteiger partial charge in [-0.25, -0.2) is 0 Å². The van der Waals surface area contributed by atoms with E-state index in [9.17, 15) is 0 Å². The average Bonchev–Trinajstić information content (AvgIpc) is 3.68. The minimum atomic E-state index is 0.160. The van der Waals surface area contributed by atoms with Crippen LogP contribution in [0.5, 0.6) is 0 Å². The molecule has 0 saturated carbocycles. The van der Waals surface area contributed by atoms with Crippen LogP contribution >= 0.6 is 0 Å². The molecule has 0 amide bonds. The fourth-order valence-electron chi connectivity index (χ4n) is 8.74. The zero-order valence-corrected chi connectivity index (χ0v) is 32.4. The molecule has 0 unspecified atom stereocenters. The zero-order valence-electron chi connectivity index (χ0n) is 32.4. The van der Waals surface area contributed by atoms with Crippen molar-refractivity contribution in [2.24, 2.45) is 0 Å². The van der Waals surface area contributed by atoms with Crippen molar-refractivity contribution in [3.8, 4) is 33.4 Å². The van der Waals surface area contributed by atoms with Crippen molar-refractivity contribution in [2.45, 2.75) is 0 Å². The Morgan fingerprint density at radius 1 is 0.367 bits per heavy atom. The third kappa shape index (κ3) is 5.83. The molecule has 10 rings (SSSR count). The van der Waals surface area contributed by atoms with E-state index in [1.807, 2.05) is 121 Å². The van der Waals surface area contributed by atoms with Crippen LogP contribution in [0.2, 0.25) is 0 Å². The Morgan fingerprint density at radius 2 is 0.883 bits per heavy atom. The molecule has 0 aliphatic rings. The first-order valence-corrected chi connectivity index (χ1v) is 19.4. The van der Waals surface area contributed by atoms with E-state index in [0.717, 1.165) is 65.7 Å². The Kier molecular flexibility index (Phi) is 9.28. The molecule has 2 nitrogen and oxygen atoms in total. The van der Waals surface area contributed by atoms with Crippen molar-refractivity contribution in [1.82, 2.24) is 0 Å². The van der Waals surface area contributed by atoms with E-state index in [1.54, 1.807) is 4.90 Å². The predicted molar refractivity (Wildman–Crippen MR) is 263 cm³/mol. The highest BCUT2D eigenvalue weighted by molar-refractivity contribution is 6.65. The SMILES string of the molecule is [B]c1c([B])c(N(c2cccc(-c3cccc4oc5c6ccccc6ccc5c34)c2)c2c([B])c([B])c(-c3cccc4ccccc34)c([B])c2[B])c([B])c([B])c1-c1ccccc1. The van der Waals surface area contributed by atoms with Crippen molar-refractivity contribution in [1.29, 1.82) is 0 Å². The molecule has 0 fully saturated rings. The smallest absolute Gasteiger partial charge is 0.143 e. The Hall–Kier alpha value is -6.38. The van der Waals surface area contributed by atoms with Gasteiger partial charge < -0.3 is 9.32 Å². The topological polar surface area (TPSA) is 16.4 Å². The van der Waals surface area contributed by atoms with Crippen molar-refractivity contribution in [3.05, 3.63) is 152 Å². The van der Waals surface area contributed by atoms with E-state index >= 15 is 0 Å². The van der Waals surface area contributed by atoms with Crippen LogP contribution in [0.4, 0.5) is 17.1 Å². The number of anilines is 3. The highest BCUT2D eigenvalue weighted by atomic mass is 16.3. The summed E-state index contributed by atoms with van der Waals surface area (Å²) in [5, 5.41) is 6.03. The second-order valence-electron chi connectivity index (χ2n) is 15.0. The maximum absolute atomic E-state index is 7.17.